The molecule has 0 radical (unpaired) electrons. The fourth-order valence-corrected chi connectivity index (χ4v) is 4.99. The highest BCUT2D eigenvalue weighted by Crippen LogP contribution is 2.19. The molecule has 2 heterocycles. The third-order valence-corrected chi connectivity index (χ3v) is 6.60. The van der Waals surface area contributed by atoms with Crippen LogP contribution in [0.5, 0.6) is 0 Å². The van der Waals surface area contributed by atoms with Crippen LogP contribution in [0.1, 0.15) is 20.3 Å². The van der Waals surface area contributed by atoms with E-state index in [1.54, 1.807) is 4.90 Å². The molecular formula is C15H30N4O5S. The quantitative estimate of drug-likeness (QED) is 0.626. The number of piperazine rings is 1. The van der Waals surface area contributed by atoms with Gasteiger partial charge >= 0.3 is 0 Å². The average molecular weight is 378 g/mol. The third kappa shape index (κ3) is 5.11. The first kappa shape index (κ1) is 20.5. The van der Waals surface area contributed by atoms with E-state index in [0.29, 0.717) is 39.3 Å². The molecule has 2 N–H and O–H groups in total. The van der Waals surface area contributed by atoms with Crippen molar-refractivity contribution < 1.29 is 22.7 Å². The molecule has 2 aliphatic rings. The van der Waals surface area contributed by atoms with Crippen molar-refractivity contribution in [3.05, 3.63) is 0 Å². The van der Waals surface area contributed by atoms with Gasteiger partial charge in [-0.15, -0.1) is 0 Å². The number of rotatable bonds is 6. The van der Waals surface area contributed by atoms with Crippen LogP contribution in [0.25, 0.3) is 0 Å². The van der Waals surface area contributed by atoms with Crippen molar-refractivity contribution in [1.82, 2.24) is 13.5 Å². The lowest BCUT2D eigenvalue weighted by Gasteiger charge is -2.40. The Morgan fingerprint density at radius 2 is 1.72 bits per heavy atom. The zero-order valence-electron chi connectivity index (χ0n) is 15.3. The summed E-state index contributed by atoms with van der Waals surface area (Å²) in [5.41, 5.74) is 5.55. The summed E-state index contributed by atoms with van der Waals surface area (Å²) in [6.45, 7) is 6.11. The Bertz CT molecular complexity index is 536. The molecule has 0 saturated carbocycles. The minimum absolute atomic E-state index is 0.0528. The van der Waals surface area contributed by atoms with Gasteiger partial charge in [0, 0.05) is 52.9 Å². The third-order valence-electron chi connectivity index (χ3n) is 4.63. The lowest BCUT2D eigenvalue weighted by Crippen LogP contribution is -2.57. The molecule has 0 bridgehead atoms. The molecule has 2 rings (SSSR count). The van der Waals surface area contributed by atoms with E-state index < -0.39 is 10.2 Å². The largest absolute Gasteiger partial charge is 0.380 e. The number of morpholine rings is 1. The van der Waals surface area contributed by atoms with Crippen molar-refractivity contribution in [1.29, 1.82) is 0 Å². The van der Waals surface area contributed by atoms with Crippen LogP contribution in [0.15, 0.2) is 0 Å². The van der Waals surface area contributed by atoms with Crippen molar-refractivity contribution in [2.75, 3.05) is 52.9 Å². The summed E-state index contributed by atoms with van der Waals surface area (Å²) in [4.78, 5) is 13.9. The second-order valence-corrected chi connectivity index (χ2v) is 8.59. The lowest BCUT2D eigenvalue weighted by atomic mass is 10.2. The first-order chi connectivity index (χ1) is 11.8. The molecule has 2 saturated heterocycles. The molecule has 3 unspecified atom stereocenters. The smallest absolute Gasteiger partial charge is 0.282 e. The zero-order valence-corrected chi connectivity index (χ0v) is 16.1. The van der Waals surface area contributed by atoms with Gasteiger partial charge in [0.15, 0.2) is 0 Å². The molecule has 0 aromatic carbocycles. The fraction of sp³-hybridized carbons (Fsp3) is 0.933. The number of hydrogen-bond donors (Lipinski definition) is 1. The van der Waals surface area contributed by atoms with Gasteiger partial charge in [0.05, 0.1) is 24.7 Å². The van der Waals surface area contributed by atoms with Crippen molar-refractivity contribution in [3.63, 3.8) is 0 Å². The maximum Gasteiger partial charge on any atom is 0.282 e. The molecule has 10 heteroatoms. The highest BCUT2D eigenvalue weighted by atomic mass is 32.2. The standard InChI is InChI=1S/C15H30N4O5S/c1-12-10-19(11-13(2)24-12)25(21,22)18-6-4-17(5-7-18)15(20)8-14(9-16)23-3/h12-14H,4-11,16H2,1-3H3. The molecule has 0 aliphatic carbocycles. The number of ether oxygens (including phenoxy) is 2. The summed E-state index contributed by atoms with van der Waals surface area (Å²) < 4.78 is 39.4. The lowest BCUT2D eigenvalue weighted by molar-refractivity contribution is -0.134. The molecule has 0 aromatic rings. The van der Waals surface area contributed by atoms with E-state index in [1.165, 1.54) is 15.7 Å². The number of hydrogen-bond acceptors (Lipinski definition) is 6. The van der Waals surface area contributed by atoms with E-state index in [0.717, 1.165) is 0 Å². The predicted molar refractivity (Wildman–Crippen MR) is 93.1 cm³/mol. The molecule has 25 heavy (non-hydrogen) atoms. The van der Waals surface area contributed by atoms with E-state index in [1.807, 2.05) is 13.8 Å². The van der Waals surface area contributed by atoms with Crippen molar-refractivity contribution in [2.45, 2.75) is 38.6 Å². The van der Waals surface area contributed by atoms with Gasteiger partial charge in [-0.3, -0.25) is 4.79 Å². The highest BCUT2D eigenvalue weighted by Gasteiger charge is 2.37. The number of carbonyl (C=O) groups excluding carboxylic acids is 1. The van der Waals surface area contributed by atoms with Crippen molar-refractivity contribution in [2.24, 2.45) is 5.73 Å². The van der Waals surface area contributed by atoms with E-state index in [-0.39, 0.29) is 37.2 Å². The van der Waals surface area contributed by atoms with Crippen LogP contribution < -0.4 is 5.73 Å². The minimum atomic E-state index is -3.53. The van der Waals surface area contributed by atoms with Crippen LogP contribution in [-0.2, 0) is 24.5 Å². The average Bonchev–Trinajstić information content (AvgIpc) is 2.58. The Labute approximate surface area is 150 Å². The van der Waals surface area contributed by atoms with Crippen molar-refractivity contribution >= 4 is 16.1 Å². The van der Waals surface area contributed by atoms with Gasteiger partial charge in [0.1, 0.15) is 0 Å². The summed E-state index contributed by atoms with van der Waals surface area (Å²) >= 11 is 0. The van der Waals surface area contributed by atoms with Gasteiger partial charge in [0.2, 0.25) is 5.91 Å². The molecule has 2 aliphatic heterocycles. The Hall–Kier alpha value is -0.780. The maximum absolute atomic E-state index is 12.8. The first-order valence-corrected chi connectivity index (χ1v) is 10.1. The Morgan fingerprint density at radius 1 is 1.16 bits per heavy atom. The Morgan fingerprint density at radius 3 is 2.20 bits per heavy atom. The number of carbonyl (C=O) groups is 1. The van der Waals surface area contributed by atoms with E-state index in [2.05, 4.69) is 0 Å². The Kier molecular flexibility index (Phi) is 7.18. The second-order valence-electron chi connectivity index (χ2n) is 6.66. The Balaban J connectivity index is 1.91. The number of methoxy groups -OCH3 is 1. The van der Waals surface area contributed by atoms with Crippen LogP contribution in [0.3, 0.4) is 0 Å². The molecule has 0 aromatic heterocycles. The van der Waals surface area contributed by atoms with Gasteiger partial charge in [-0.05, 0) is 13.8 Å². The van der Waals surface area contributed by atoms with Gasteiger partial charge in [0.25, 0.3) is 10.2 Å². The molecule has 3 atom stereocenters. The fourth-order valence-electron chi connectivity index (χ4n) is 3.24. The number of nitrogens with two attached hydrogens (primary N) is 1. The predicted octanol–water partition coefficient (Wildman–Crippen LogP) is -1.15. The topological polar surface area (TPSA) is 105 Å². The maximum atomic E-state index is 12.8. The summed E-state index contributed by atoms with van der Waals surface area (Å²) in [6, 6.07) is 0. The van der Waals surface area contributed by atoms with Crippen LogP contribution in [-0.4, -0.2) is 99.1 Å². The van der Waals surface area contributed by atoms with Crippen molar-refractivity contribution in [3.8, 4) is 0 Å². The zero-order chi connectivity index (χ0) is 18.6. The number of amides is 1. The van der Waals surface area contributed by atoms with Crippen LogP contribution in [0, 0.1) is 0 Å². The summed E-state index contributed by atoms with van der Waals surface area (Å²) in [7, 11) is -2.00. The second kappa shape index (κ2) is 8.74. The number of nitrogens with zero attached hydrogens (tertiary/aromatic N) is 3. The van der Waals surface area contributed by atoms with Crippen LogP contribution in [0.4, 0.5) is 0 Å². The highest BCUT2D eigenvalue weighted by molar-refractivity contribution is 7.86. The molecule has 2 fully saturated rings. The first-order valence-electron chi connectivity index (χ1n) is 8.69. The van der Waals surface area contributed by atoms with Gasteiger partial charge < -0.3 is 20.1 Å². The monoisotopic (exact) mass is 378 g/mol. The molecular weight excluding hydrogens is 348 g/mol. The summed E-state index contributed by atoms with van der Waals surface area (Å²) in [5.74, 6) is -0.0528. The van der Waals surface area contributed by atoms with Gasteiger partial charge in [-0.25, -0.2) is 0 Å². The summed E-state index contributed by atoms with van der Waals surface area (Å²) in [6.07, 6.45) is -0.323. The summed E-state index contributed by atoms with van der Waals surface area (Å²) in [5, 5.41) is 0. The normalized spacial score (nSPS) is 28.1. The van der Waals surface area contributed by atoms with Crippen LogP contribution >= 0.6 is 0 Å². The molecule has 9 nitrogen and oxygen atoms in total. The minimum Gasteiger partial charge on any atom is -0.380 e. The van der Waals surface area contributed by atoms with Gasteiger partial charge in [-0.2, -0.15) is 17.0 Å². The SMILES string of the molecule is COC(CN)CC(=O)N1CCN(S(=O)(=O)N2CC(C)OC(C)C2)CC1. The van der Waals surface area contributed by atoms with E-state index >= 15 is 0 Å². The van der Waals surface area contributed by atoms with Gasteiger partial charge in [-0.1, -0.05) is 0 Å². The van der Waals surface area contributed by atoms with Crippen LogP contribution in [0.2, 0.25) is 0 Å². The molecule has 1 amide bonds. The molecule has 0 spiro atoms. The molecule has 146 valence electrons. The van der Waals surface area contributed by atoms with E-state index in [9.17, 15) is 13.2 Å². The van der Waals surface area contributed by atoms with E-state index in [4.69, 9.17) is 15.2 Å².